The molecule has 19 heavy (non-hydrogen) atoms. The molecule has 0 aromatic rings. The molecule has 0 bridgehead atoms. The highest BCUT2D eigenvalue weighted by Gasteiger charge is 2.29. The maximum absolute atomic E-state index is 5.82. The van der Waals surface area contributed by atoms with Gasteiger partial charge in [0, 0.05) is 44.8 Å². The lowest BCUT2D eigenvalue weighted by Gasteiger charge is -2.41. The summed E-state index contributed by atoms with van der Waals surface area (Å²) in [6.07, 6.45) is 10.1. The van der Waals surface area contributed by atoms with Crippen molar-refractivity contribution in [2.45, 2.75) is 44.2 Å². The molecule has 5 heteroatoms. The second-order valence-electron chi connectivity index (χ2n) is 5.81. The summed E-state index contributed by atoms with van der Waals surface area (Å²) < 4.78 is 0. The van der Waals surface area contributed by atoms with E-state index in [0.29, 0.717) is 6.04 Å². The number of rotatable bonds is 2. The first-order chi connectivity index (χ1) is 9.33. The Morgan fingerprint density at radius 1 is 1.11 bits per heavy atom. The van der Waals surface area contributed by atoms with Crippen LogP contribution >= 0.6 is 0 Å². The zero-order chi connectivity index (χ0) is 13.1. The molecule has 0 radical (unpaired) electrons. The molecule has 0 unspecified atom stereocenters. The number of piperazine rings is 1. The molecule has 1 aliphatic carbocycles. The van der Waals surface area contributed by atoms with Crippen LogP contribution in [0.4, 0.5) is 0 Å². The molecule has 3 N–H and O–H groups in total. The Bertz CT molecular complexity index is 351. The van der Waals surface area contributed by atoms with Crippen LogP contribution in [-0.4, -0.2) is 54.0 Å². The number of nitrogens with two attached hydrogens (primary N) is 1. The molecule has 0 aromatic carbocycles. The van der Waals surface area contributed by atoms with Gasteiger partial charge in [-0.1, -0.05) is 6.08 Å². The number of amidine groups is 1. The molecule has 1 saturated heterocycles. The second kappa shape index (κ2) is 5.92. The summed E-state index contributed by atoms with van der Waals surface area (Å²) in [5.41, 5.74) is 5.82. The predicted molar refractivity (Wildman–Crippen MR) is 77.7 cm³/mol. The van der Waals surface area contributed by atoms with Gasteiger partial charge >= 0.3 is 0 Å². The van der Waals surface area contributed by atoms with E-state index in [2.05, 4.69) is 32.6 Å². The standard InChI is InChI=1S/C14H25N5/c15-14-2-1-9-19(17-14)13-5-3-12(4-6-13)18-10-7-16-8-11-18/h1,9,12-13,16H,2-8,10-11H2,(H2,15,17). The highest BCUT2D eigenvalue weighted by Crippen LogP contribution is 2.27. The minimum absolute atomic E-state index is 0.550. The van der Waals surface area contributed by atoms with Crippen LogP contribution in [0.2, 0.25) is 0 Å². The first kappa shape index (κ1) is 12.9. The summed E-state index contributed by atoms with van der Waals surface area (Å²) in [6, 6.07) is 1.34. The summed E-state index contributed by atoms with van der Waals surface area (Å²) in [5.74, 6) is 0.742. The number of nitrogens with zero attached hydrogens (tertiary/aromatic N) is 3. The van der Waals surface area contributed by atoms with E-state index in [-0.39, 0.29) is 0 Å². The Kier molecular flexibility index (Phi) is 4.03. The van der Waals surface area contributed by atoms with Crippen molar-refractivity contribution in [2.75, 3.05) is 26.2 Å². The van der Waals surface area contributed by atoms with E-state index in [1.807, 2.05) is 0 Å². The highest BCUT2D eigenvalue weighted by molar-refractivity contribution is 5.82. The molecular formula is C14H25N5. The van der Waals surface area contributed by atoms with Crippen molar-refractivity contribution in [2.24, 2.45) is 10.8 Å². The zero-order valence-corrected chi connectivity index (χ0v) is 11.6. The van der Waals surface area contributed by atoms with Crippen molar-refractivity contribution in [1.29, 1.82) is 0 Å². The van der Waals surface area contributed by atoms with Gasteiger partial charge in [-0.25, -0.2) is 0 Å². The van der Waals surface area contributed by atoms with E-state index >= 15 is 0 Å². The van der Waals surface area contributed by atoms with E-state index in [9.17, 15) is 0 Å². The van der Waals surface area contributed by atoms with Crippen molar-refractivity contribution >= 4 is 5.84 Å². The van der Waals surface area contributed by atoms with Crippen LogP contribution in [0, 0.1) is 0 Å². The molecule has 0 aromatic heterocycles. The minimum Gasteiger partial charge on any atom is -0.385 e. The summed E-state index contributed by atoms with van der Waals surface area (Å²) in [6.45, 7) is 4.72. The normalized spacial score (nSPS) is 33.3. The molecular weight excluding hydrogens is 238 g/mol. The Balaban J connectivity index is 1.51. The largest absolute Gasteiger partial charge is 0.385 e. The van der Waals surface area contributed by atoms with Gasteiger partial charge in [-0.05, 0) is 25.7 Å². The second-order valence-corrected chi connectivity index (χ2v) is 5.81. The molecule has 1 saturated carbocycles. The third kappa shape index (κ3) is 3.09. The molecule has 2 fully saturated rings. The van der Waals surface area contributed by atoms with Crippen molar-refractivity contribution in [3.8, 4) is 0 Å². The van der Waals surface area contributed by atoms with Crippen LogP contribution in [-0.2, 0) is 0 Å². The highest BCUT2D eigenvalue weighted by atomic mass is 15.5. The van der Waals surface area contributed by atoms with E-state index in [4.69, 9.17) is 5.73 Å². The SMILES string of the molecule is NC1=NN(C2CCC(N3CCNCC3)CC2)C=CC1. The van der Waals surface area contributed by atoms with Gasteiger partial charge in [0.25, 0.3) is 0 Å². The molecule has 5 nitrogen and oxygen atoms in total. The first-order valence-electron chi connectivity index (χ1n) is 7.55. The molecule has 0 spiro atoms. The van der Waals surface area contributed by atoms with Crippen molar-refractivity contribution in [1.82, 2.24) is 15.2 Å². The van der Waals surface area contributed by atoms with E-state index in [1.54, 1.807) is 0 Å². The lowest BCUT2D eigenvalue weighted by Crippen LogP contribution is -2.50. The van der Waals surface area contributed by atoms with Crippen LogP contribution in [0.5, 0.6) is 0 Å². The van der Waals surface area contributed by atoms with Gasteiger partial charge in [0.05, 0.1) is 6.04 Å². The summed E-state index contributed by atoms with van der Waals surface area (Å²) >= 11 is 0. The van der Waals surface area contributed by atoms with E-state index in [1.165, 1.54) is 38.8 Å². The Hall–Kier alpha value is -1.07. The van der Waals surface area contributed by atoms with E-state index < -0.39 is 0 Å². The van der Waals surface area contributed by atoms with Crippen LogP contribution in [0.25, 0.3) is 0 Å². The van der Waals surface area contributed by atoms with Crippen LogP contribution < -0.4 is 11.1 Å². The van der Waals surface area contributed by atoms with Gasteiger partial charge in [0.15, 0.2) is 0 Å². The van der Waals surface area contributed by atoms with Crippen LogP contribution in [0.1, 0.15) is 32.1 Å². The molecule has 0 atom stereocenters. The average Bonchev–Trinajstić information content (AvgIpc) is 2.48. The fraction of sp³-hybridized carbons (Fsp3) is 0.786. The van der Waals surface area contributed by atoms with Gasteiger partial charge in [-0.3, -0.25) is 9.91 Å². The predicted octanol–water partition coefficient (Wildman–Crippen LogP) is 0.694. The molecule has 2 heterocycles. The fourth-order valence-electron chi connectivity index (χ4n) is 3.44. The molecule has 3 aliphatic rings. The smallest absolute Gasteiger partial charge is 0.124 e. The minimum atomic E-state index is 0.550. The third-order valence-corrected chi connectivity index (χ3v) is 4.54. The molecule has 2 aliphatic heterocycles. The lowest BCUT2D eigenvalue weighted by molar-refractivity contribution is 0.106. The summed E-state index contributed by atoms with van der Waals surface area (Å²) in [7, 11) is 0. The molecule has 0 amide bonds. The Morgan fingerprint density at radius 3 is 2.47 bits per heavy atom. The first-order valence-corrected chi connectivity index (χ1v) is 7.55. The number of hydrogen-bond acceptors (Lipinski definition) is 5. The topological polar surface area (TPSA) is 56.9 Å². The van der Waals surface area contributed by atoms with Gasteiger partial charge in [0.1, 0.15) is 5.84 Å². The quantitative estimate of drug-likeness (QED) is 0.770. The fourth-order valence-corrected chi connectivity index (χ4v) is 3.44. The number of hydrogen-bond donors (Lipinski definition) is 2. The Labute approximate surface area is 115 Å². The number of nitrogens with one attached hydrogen (secondary N) is 1. The average molecular weight is 263 g/mol. The molecule has 3 rings (SSSR count). The monoisotopic (exact) mass is 263 g/mol. The van der Waals surface area contributed by atoms with Crippen molar-refractivity contribution in [3.63, 3.8) is 0 Å². The summed E-state index contributed by atoms with van der Waals surface area (Å²) in [5, 5.41) is 9.98. The van der Waals surface area contributed by atoms with Gasteiger partial charge < -0.3 is 11.1 Å². The summed E-state index contributed by atoms with van der Waals surface area (Å²) in [4.78, 5) is 2.66. The molecule has 106 valence electrons. The van der Waals surface area contributed by atoms with Gasteiger partial charge in [0.2, 0.25) is 0 Å². The zero-order valence-electron chi connectivity index (χ0n) is 11.6. The van der Waals surface area contributed by atoms with E-state index in [0.717, 1.165) is 31.4 Å². The third-order valence-electron chi connectivity index (χ3n) is 4.54. The van der Waals surface area contributed by atoms with Crippen molar-refractivity contribution < 1.29 is 0 Å². The lowest BCUT2D eigenvalue weighted by atomic mass is 9.89. The maximum atomic E-state index is 5.82. The van der Waals surface area contributed by atoms with Gasteiger partial charge in [-0.15, -0.1) is 0 Å². The van der Waals surface area contributed by atoms with Gasteiger partial charge in [-0.2, -0.15) is 5.10 Å². The van der Waals surface area contributed by atoms with Crippen LogP contribution in [0.15, 0.2) is 17.4 Å². The Morgan fingerprint density at radius 2 is 1.79 bits per heavy atom. The number of hydrazone groups is 1. The van der Waals surface area contributed by atoms with Crippen molar-refractivity contribution in [3.05, 3.63) is 12.3 Å². The van der Waals surface area contributed by atoms with Crippen LogP contribution in [0.3, 0.4) is 0 Å². The maximum Gasteiger partial charge on any atom is 0.124 e.